The zero-order chi connectivity index (χ0) is 22.3. The molecule has 1 atom stereocenters. The lowest BCUT2D eigenvalue weighted by molar-refractivity contribution is 0.0930. The number of fused-ring (bicyclic) bond motifs is 1. The summed E-state index contributed by atoms with van der Waals surface area (Å²) in [6.07, 6.45) is 4.26. The Balaban J connectivity index is 1.38. The van der Waals surface area contributed by atoms with Crippen LogP contribution >= 0.6 is 0 Å². The number of hydrogen-bond donors (Lipinski definition) is 2. The van der Waals surface area contributed by atoms with Gasteiger partial charge in [-0.05, 0) is 24.0 Å². The third kappa shape index (κ3) is 3.77. The molecular weight excluding hydrogens is 418 g/mol. The number of nitrogens with zero attached hydrogens (tertiary/aromatic N) is 2. The molecule has 9 heteroatoms. The van der Waals surface area contributed by atoms with E-state index in [0.29, 0.717) is 43.1 Å². The average Bonchev–Trinajstić information content (AvgIpc) is 3.40. The lowest BCUT2D eigenvalue weighted by Crippen LogP contribution is -2.38. The summed E-state index contributed by atoms with van der Waals surface area (Å²) in [6.45, 7) is 6.37. The van der Waals surface area contributed by atoms with Gasteiger partial charge >= 0.3 is 0 Å². The van der Waals surface area contributed by atoms with Crippen molar-refractivity contribution in [2.75, 3.05) is 31.7 Å². The minimum absolute atomic E-state index is 0.0949. The number of ether oxygens (including phenoxy) is 3. The average molecular weight is 442 g/mol. The largest absolute Gasteiger partial charge is 0.464 e. The van der Waals surface area contributed by atoms with E-state index in [1.54, 1.807) is 6.07 Å². The molecule has 0 saturated carbocycles. The summed E-state index contributed by atoms with van der Waals surface area (Å²) < 4.78 is 46.5. The fourth-order valence-corrected chi connectivity index (χ4v) is 4.07. The molecule has 32 heavy (non-hydrogen) atoms. The van der Waals surface area contributed by atoms with Crippen molar-refractivity contribution in [3.63, 3.8) is 0 Å². The van der Waals surface area contributed by atoms with Gasteiger partial charge in [-0.2, -0.15) is 0 Å². The summed E-state index contributed by atoms with van der Waals surface area (Å²) in [7, 11) is 0. The standard InChI is InChI=1S/C23H24F2N4O3/c1-13(2)15-9-27-21-19(15)18(3-5-26-21)32-20-16(24)7-14(8-17(20)25)29-22-28-10-23(12-31-22)4-6-30-11-23/h3,5,7-9,13H,4,6,10-12H2,1-2H3,(H,26,27)(H,28,29)/t23-/m1/s1. The first-order chi connectivity index (χ1) is 15.4. The maximum Gasteiger partial charge on any atom is 0.289 e. The van der Waals surface area contributed by atoms with Crippen LogP contribution in [0.1, 0.15) is 31.7 Å². The van der Waals surface area contributed by atoms with Gasteiger partial charge in [0.25, 0.3) is 6.02 Å². The number of aromatic amines is 1. The van der Waals surface area contributed by atoms with E-state index in [0.717, 1.165) is 24.1 Å². The number of benzene rings is 1. The minimum atomic E-state index is -0.837. The Bertz CT molecular complexity index is 1160. The monoisotopic (exact) mass is 442 g/mol. The number of aliphatic imine (C=N–C) groups is 1. The predicted molar refractivity (Wildman–Crippen MR) is 116 cm³/mol. The second kappa shape index (κ2) is 8.05. The molecule has 0 amide bonds. The van der Waals surface area contributed by atoms with Crippen LogP contribution in [0.5, 0.6) is 11.5 Å². The van der Waals surface area contributed by atoms with Gasteiger partial charge in [0.2, 0.25) is 0 Å². The van der Waals surface area contributed by atoms with Crippen molar-refractivity contribution in [3.8, 4) is 11.5 Å². The Kier molecular flexibility index (Phi) is 5.21. The molecule has 2 N–H and O–H groups in total. The molecule has 0 bridgehead atoms. The van der Waals surface area contributed by atoms with Crippen LogP contribution in [-0.4, -0.2) is 42.4 Å². The number of anilines is 1. The molecule has 1 spiro atoms. The minimum Gasteiger partial charge on any atom is -0.464 e. The predicted octanol–water partition coefficient (Wildman–Crippen LogP) is 4.96. The smallest absolute Gasteiger partial charge is 0.289 e. The molecule has 5 rings (SSSR count). The summed E-state index contributed by atoms with van der Waals surface area (Å²) >= 11 is 0. The lowest BCUT2D eigenvalue weighted by Gasteiger charge is -2.30. The molecule has 1 fully saturated rings. The van der Waals surface area contributed by atoms with E-state index in [1.807, 2.05) is 20.0 Å². The first-order valence-electron chi connectivity index (χ1n) is 10.6. The van der Waals surface area contributed by atoms with Crippen molar-refractivity contribution in [1.82, 2.24) is 9.97 Å². The van der Waals surface area contributed by atoms with Crippen molar-refractivity contribution in [1.29, 1.82) is 0 Å². The Hall–Kier alpha value is -3.20. The van der Waals surface area contributed by atoms with E-state index in [1.165, 1.54) is 6.20 Å². The Morgan fingerprint density at radius 3 is 2.69 bits per heavy atom. The highest BCUT2D eigenvalue weighted by atomic mass is 19.1. The number of halogens is 2. The van der Waals surface area contributed by atoms with E-state index in [4.69, 9.17) is 14.2 Å². The van der Waals surface area contributed by atoms with Crippen LogP contribution < -0.4 is 10.1 Å². The molecule has 3 aromatic rings. The van der Waals surface area contributed by atoms with Crippen LogP contribution in [0.2, 0.25) is 0 Å². The van der Waals surface area contributed by atoms with Crippen molar-refractivity contribution >= 4 is 22.7 Å². The van der Waals surface area contributed by atoms with Crippen molar-refractivity contribution < 1.29 is 23.0 Å². The molecule has 2 aromatic heterocycles. The number of pyridine rings is 1. The van der Waals surface area contributed by atoms with E-state index in [-0.39, 0.29) is 23.0 Å². The maximum atomic E-state index is 14.9. The van der Waals surface area contributed by atoms with E-state index >= 15 is 0 Å². The second-order valence-electron chi connectivity index (χ2n) is 8.64. The Morgan fingerprint density at radius 1 is 1.22 bits per heavy atom. The molecule has 0 aliphatic carbocycles. The maximum absolute atomic E-state index is 14.9. The SMILES string of the molecule is CC(C)c1c[nH]c2nccc(Oc3c(F)cc(NC4=NC[C@@]5(CCOC5)CO4)cc3F)c12. The fourth-order valence-electron chi connectivity index (χ4n) is 4.07. The number of aromatic nitrogens is 2. The molecular formula is C23H24F2N4O3. The molecule has 0 radical (unpaired) electrons. The number of nitrogens with one attached hydrogen (secondary N) is 2. The van der Waals surface area contributed by atoms with E-state index in [9.17, 15) is 8.78 Å². The molecule has 2 aliphatic heterocycles. The molecule has 1 aromatic carbocycles. The highest BCUT2D eigenvalue weighted by molar-refractivity contribution is 5.90. The van der Waals surface area contributed by atoms with Crippen molar-refractivity contribution in [3.05, 3.63) is 47.8 Å². The van der Waals surface area contributed by atoms with Gasteiger partial charge in [-0.3, -0.25) is 0 Å². The molecule has 4 heterocycles. The van der Waals surface area contributed by atoms with Crippen LogP contribution in [0, 0.1) is 17.0 Å². The summed E-state index contributed by atoms with van der Waals surface area (Å²) in [5.41, 5.74) is 1.65. The molecule has 2 aliphatic rings. The summed E-state index contributed by atoms with van der Waals surface area (Å²) in [5, 5.41) is 3.55. The van der Waals surface area contributed by atoms with Gasteiger partial charge in [-0.15, -0.1) is 0 Å². The second-order valence-corrected chi connectivity index (χ2v) is 8.64. The van der Waals surface area contributed by atoms with Gasteiger partial charge in [0.1, 0.15) is 18.0 Å². The topological polar surface area (TPSA) is 80.8 Å². The molecule has 7 nitrogen and oxygen atoms in total. The first-order valence-corrected chi connectivity index (χ1v) is 10.6. The van der Waals surface area contributed by atoms with Gasteiger partial charge in [0.15, 0.2) is 17.4 Å². The summed E-state index contributed by atoms with van der Waals surface area (Å²) in [6, 6.07) is 4.15. The molecule has 1 saturated heterocycles. The van der Waals surface area contributed by atoms with Crippen LogP contribution in [0.25, 0.3) is 11.0 Å². The van der Waals surface area contributed by atoms with Gasteiger partial charge in [0.05, 0.1) is 18.5 Å². The summed E-state index contributed by atoms with van der Waals surface area (Å²) in [5.74, 6) is -1.63. The fraction of sp³-hybridized carbons (Fsp3) is 0.391. The van der Waals surface area contributed by atoms with Gasteiger partial charge in [-0.1, -0.05) is 13.8 Å². The van der Waals surface area contributed by atoms with Crippen molar-refractivity contribution in [2.45, 2.75) is 26.2 Å². The van der Waals surface area contributed by atoms with Crippen LogP contribution in [0.3, 0.4) is 0 Å². The van der Waals surface area contributed by atoms with Gasteiger partial charge < -0.3 is 24.5 Å². The highest BCUT2D eigenvalue weighted by Gasteiger charge is 2.38. The number of hydrogen-bond acceptors (Lipinski definition) is 6. The zero-order valence-corrected chi connectivity index (χ0v) is 17.9. The number of H-pyrrole nitrogens is 1. The normalized spacial score (nSPS) is 20.6. The Labute approximate surface area is 183 Å². The molecule has 0 unspecified atom stereocenters. The van der Waals surface area contributed by atoms with Crippen LogP contribution in [0.15, 0.2) is 35.6 Å². The third-order valence-electron chi connectivity index (χ3n) is 5.91. The van der Waals surface area contributed by atoms with Gasteiger partial charge in [-0.25, -0.2) is 18.8 Å². The number of amidine groups is 1. The third-order valence-corrected chi connectivity index (χ3v) is 5.91. The quantitative estimate of drug-likeness (QED) is 0.597. The van der Waals surface area contributed by atoms with Gasteiger partial charge in [0, 0.05) is 42.2 Å². The highest BCUT2D eigenvalue weighted by Crippen LogP contribution is 2.37. The number of rotatable bonds is 4. The summed E-state index contributed by atoms with van der Waals surface area (Å²) in [4.78, 5) is 11.7. The molecule has 168 valence electrons. The Morgan fingerprint density at radius 2 is 2.03 bits per heavy atom. The lowest BCUT2D eigenvalue weighted by atomic mass is 9.88. The van der Waals surface area contributed by atoms with Crippen LogP contribution in [-0.2, 0) is 9.47 Å². The van der Waals surface area contributed by atoms with Crippen LogP contribution in [0.4, 0.5) is 14.5 Å². The van der Waals surface area contributed by atoms with Crippen molar-refractivity contribution in [2.24, 2.45) is 10.4 Å². The zero-order valence-electron chi connectivity index (χ0n) is 17.9. The van der Waals surface area contributed by atoms with E-state index < -0.39 is 17.4 Å². The first kappa shape index (κ1) is 20.7. The van der Waals surface area contributed by atoms with E-state index in [2.05, 4.69) is 20.3 Å².